The van der Waals surface area contributed by atoms with Crippen molar-refractivity contribution in [3.8, 4) is 5.75 Å². The Morgan fingerprint density at radius 1 is 1.12 bits per heavy atom. The van der Waals surface area contributed by atoms with Gasteiger partial charge in [-0.2, -0.15) is 0 Å². The summed E-state index contributed by atoms with van der Waals surface area (Å²) in [6.07, 6.45) is 2.58. The Morgan fingerprint density at radius 2 is 1.91 bits per heavy atom. The second kappa shape index (κ2) is 11.5. The van der Waals surface area contributed by atoms with Crippen LogP contribution in [0.3, 0.4) is 0 Å². The largest absolute Gasteiger partial charge is 0.507 e. The van der Waals surface area contributed by atoms with Gasteiger partial charge in [0.1, 0.15) is 11.5 Å². The summed E-state index contributed by atoms with van der Waals surface area (Å²) < 4.78 is 11.8. The lowest BCUT2D eigenvalue weighted by atomic mass is 9.95. The van der Waals surface area contributed by atoms with Crippen molar-refractivity contribution >= 4 is 33.4 Å². The van der Waals surface area contributed by atoms with Crippen molar-refractivity contribution in [2.45, 2.75) is 39.2 Å². The highest BCUT2D eigenvalue weighted by Crippen LogP contribution is 2.40. The first-order valence-corrected chi connectivity index (χ1v) is 11.9. The van der Waals surface area contributed by atoms with Gasteiger partial charge in [-0.25, -0.2) is 0 Å². The van der Waals surface area contributed by atoms with E-state index in [2.05, 4.69) is 22.9 Å². The average Bonchev–Trinajstić information content (AvgIpc) is 3.05. The van der Waals surface area contributed by atoms with Crippen LogP contribution in [-0.4, -0.2) is 48.6 Å². The van der Waals surface area contributed by atoms with E-state index in [1.165, 1.54) is 4.90 Å². The highest BCUT2D eigenvalue weighted by Gasteiger charge is 2.45. The van der Waals surface area contributed by atoms with Crippen molar-refractivity contribution in [2.75, 3.05) is 26.9 Å². The normalized spacial score (nSPS) is 17.6. The molecule has 1 atom stereocenters. The molecule has 0 aliphatic carbocycles. The number of amides is 1. The summed E-state index contributed by atoms with van der Waals surface area (Å²) in [4.78, 5) is 27.5. The minimum atomic E-state index is -0.684. The van der Waals surface area contributed by atoms with E-state index < -0.39 is 17.7 Å². The Labute approximate surface area is 203 Å². The van der Waals surface area contributed by atoms with Gasteiger partial charge in [0.25, 0.3) is 11.7 Å². The molecule has 2 aromatic carbocycles. The van der Waals surface area contributed by atoms with Gasteiger partial charge < -0.3 is 19.5 Å². The Balaban J connectivity index is 2.04. The minimum Gasteiger partial charge on any atom is -0.507 e. The van der Waals surface area contributed by atoms with Crippen LogP contribution in [0.1, 0.15) is 48.9 Å². The number of aliphatic hydroxyl groups excluding tert-OH is 1. The molecule has 1 saturated heterocycles. The number of benzene rings is 2. The van der Waals surface area contributed by atoms with Crippen molar-refractivity contribution in [3.63, 3.8) is 0 Å². The zero-order chi connectivity index (χ0) is 24.0. The number of aliphatic hydroxyl groups is 1. The molecule has 0 bridgehead atoms. The van der Waals surface area contributed by atoms with Crippen LogP contribution < -0.4 is 4.74 Å². The SMILES string of the molecule is CCCCOc1ccc(C(O)=C2C(=O)C(=O)N(CCCOC)C2c2cccc(Br)c2)cc1C. The number of unbranched alkanes of at least 4 members (excludes halogenated alkanes) is 1. The van der Waals surface area contributed by atoms with Gasteiger partial charge in [-0.15, -0.1) is 0 Å². The van der Waals surface area contributed by atoms with Gasteiger partial charge in [-0.3, -0.25) is 9.59 Å². The van der Waals surface area contributed by atoms with Gasteiger partial charge in [-0.1, -0.05) is 41.4 Å². The summed E-state index contributed by atoms with van der Waals surface area (Å²) in [7, 11) is 1.60. The van der Waals surface area contributed by atoms with Crippen LogP contribution in [0, 0.1) is 6.92 Å². The van der Waals surface area contributed by atoms with Crippen LogP contribution >= 0.6 is 15.9 Å². The van der Waals surface area contributed by atoms with E-state index in [-0.39, 0.29) is 11.3 Å². The third-order valence-corrected chi connectivity index (χ3v) is 6.15. The lowest BCUT2D eigenvalue weighted by molar-refractivity contribution is -0.140. The summed E-state index contributed by atoms with van der Waals surface area (Å²) in [5.74, 6) is -0.746. The fourth-order valence-electron chi connectivity index (χ4n) is 3.95. The second-order valence-electron chi connectivity index (χ2n) is 8.08. The monoisotopic (exact) mass is 515 g/mol. The van der Waals surface area contributed by atoms with Crippen LogP contribution in [0.2, 0.25) is 0 Å². The number of rotatable bonds is 10. The molecule has 0 saturated carbocycles. The number of halogens is 1. The number of hydrogen-bond donors (Lipinski definition) is 1. The van der Waals surface area contributed by atoms with E-state index in [9.17, 15) is 14.7 Å². The van der Waals surface area contributed by atoms with Gasteiger partial charge in [-0.05, 0) is 61.2 Å². The number of carbonyl (C=O) groups excluding carboxylic acids is 2. The average molecular weight is 516 g/mol. The molecule has 1 fully saturated rings. The van der Waals surface area contributed by atoms with E-state index in [1.54, 1.807) is 25.3 Å². The molecule has 0 aromatic heterocycles. The molecule has 1 heterocycles. The Hall–Kier alpha value is -2.64. The second-order valence-corrected chi connectivity index (χ2v) is 8.99. The number of hydrogen-bond acceptors (Lipinski definition) is 5. The van der Waals surface area contributed by atoms with Crippen molar-refractivity contribution in [1.82, 2.24) is 4.90 Å². The van der Waals surface area contributed by atoms with Crippen molar-refractivity contribution in [1.29, 1.82) is 0 Å². The number of ether oxygens (including phenoxy) is 2. The molecule has 33 heavy (non-hydrogen) atoms. The highest BCUT2D eigenvalue weighted by molar-refractivity contribution is 9.10. The van der Waals surface area contributed by atoms with Crippen molar-refractivity contribution in [2.24, 2.45) is 0 Å². The van der Waals surface area contributed by atoms with Crippen LogP contribution in [0.5, 0.6) is 5.75 Å². The Morgan fingerprint density at radius 3 is 2.58 bits per heavy atom. The predicted molar refractivity (Wildman–Crippen MR) is 131 cm³/mol. The molecule has 0 radical (unpaired) electrons. The van der Waals surface area contributed by atoms with Crippen LogP contribution in [-0.2, 0) is 14.3 Å². The van der Waals surface area contributed by atoms with E-state index in [1.807, 2.05) is 31.2 Å². The van der Waals surface area contributed by atoms with Crippen LogP contribution in [0.4, 0.5) is 0 Å². The molecule has 3 rings (SSSR count). The number of Topliss-reactive ketones (excluding diaryl/α,β-unsaturated/α-hetero) is 1. The first-order chi connectivity index (χ1) is 15.9. The molecule has 1 unspecified atom stereocenters. The van der Waals surface area contributed by atoms with Crippen LogP contribution in [0.25, 0.3) is 5.76 Å². The zero-order valence-corrected chi connectivity index (χ0v) is 20.9. The summed E-state index contributed by atoms with van der Waals surface area (Å²) >= 11 is 3.47. The van der Waals surface area contributed by atoms with E-state index in [4.69, 9.17) is 9.47 Å². The Bertz CT molecular complexity index is 1050. The molecule has 176 valence electrons. The maximum atomic E-state index is 13.1. The predicted octanol–water partition coefficient (Wildman–Crippen LogP) is 5.39. The first kappa shape index (κ1) is 25.0. The molecule has 2 aromatic rings. The van der Waals surface area contributed by atoms with E-state index >= 15 is 0 Å². The topological polar surface area (TPSA) is 76.1 Å². The van der Waals surface area contributed by atoms with Crippen molar-refractivity contribution in [3.05, 3.63) is 69.2 Å². The highest BCUT2D eigenvalue weighted by atomic mass is 79.9. The summed E-state index contributed by atoms with van der Waals surface area (Å²) in [6, 6.07) is 12.1. The number of nitrogens with zero attached hydrogens (tertiary/aromatic N) is 1. The number of carbonyl (C=O) groups is 2. The molecular formula is C26H30BrNO5. The lowest BCUT2D eigenvalue weighted by Gasteiger charge is -2.25. The third-order valence-electron chi connectivity index (χ3n) is 5.66. The maximum Gasteiger partial charge on any atom is 0.295 e. The Kier molecular flexibility index (Phi) is 8.69. The van der Waals surface area contributed by atoms with E-state index in [0.717, 1.165) is 34.2 Å². The van der Waals surface area contributed by atoms with Gasteiger partial charge in [0.15, 0.2) is 0 Å². The summed E-state index contributed by atoms with van der Waals surface area (Å²) in [5.41, 5.74) is 2.17. The number of methoxy groups -OCH3 is 1. The fraction of sp³-hybridized carbons (Fsp3) is 0.385. The van der Waals surface area contributed by atoms with Gasteiger partial charge in [0.05, 0.1) is 18.2 Å². The standard InChI is InChI=1S/C26H30BrNO5/c1-4-5-14-33-21-11-10-19(15-17(21)2)24(29)22-23(18-8-6-9-20(27)16-18)28(12-7-13-32-3)26(31)25(22)30/h6,8-11,15-16,23,29H,4-5,7,12-14H2,1-3H3. The fourth-order valence-corrected chi connectivity index (χ4v) is 4.37. The summed E-state index contributed by atoms with van der Waals surface area (Å²) in [6.45, 7) is 5.43. The quantitative estimate of drug-likeness (QED) is 0.198. The minimum absolute atomic E-state index is 0.0922. The van der Waals surface area contributed by atoms with Crippen molar-refractivity contribution < 1.29 is 24.2 Å². The maximum absolute atomic E-state index is 13.1. The molecule has 1 aliphatic heterocycles. The molecule has 1 amide bonds. The van der Waals surface area contributed by atoms with Gasteiger partial charge in [0, 0.05) is 30.3 Å². The molecule has 7 heteroatoms. The molecule has 6 nitrogen and oxygen atoms in total. The third kappa shape index (κ3) is 5.65. The number of likely N-dealkylation sites (tertiary alicyclic amines) is 1. The summed E-state index contributed by atoms with van der Waals surface area (Å²) in [5, 5.41) is 11.2. The van der Waals surface area contributed by atoms with Crippen LogP contribution in [0.15, 0.2) is 52.5 Å². The zero-order valence-electron chi connectivity index (χ0n) is 19.3. The number of aryl methyl sites for hydroxylation is 1. The smallest absolute Gasteiger partial charge is 0.295 e. The van der Waals surface area contributed by atoms with Gasteiger partial charge in [0.2, 0.25) is 0 Å². The molecule has 1 aliphatic rings. The first-order valence-electron chi connectivity index (χ1n) is 11.2. The van der Waals surface area contributed by atoms with E-state index in [0.29, 0.717) is 31.7 Å². The lowest BCUT2D eigenvalue weighted by Crippen LogP contribution is -2.31. The molecule has 1 N–H and O–H groups in total. The molecular weight excluding hydrogens is 486 g/mol. The molecule has 0 spiro atoms. The van der Waals surface area contributed by atoms with Gasteiger partial charge >= 0.3 is 0 Å². The number of ketones is 1.